The molecule has 6 nitrogen and oxygen atoms in total. The first-order chi connectivity index (χ1) is 15.0. The van der Waals surface area contributed by atoms with E-state index in [1.807, 2.05) is 22.7 Å². The summed E-state index contributed by atoms with van der Waals surface area (Å²) in [5.41, 5.74) is 5.87. The molecule has 0 N–H and O–H groups in total. The van der Waals surface area contributed by atoms with Crippen molar-refractivity contribution in [2.24, 2.45) is 0 Å². The van der Waals surface area contributed by atoms with Crippen LogP contribution in [-0.2, 0) is 9.47 Å². The highest BCUT2D eigenvalue weighted by Gasteiger charge is 2.21. The van der Waals surface area contributed by atoms with Crippen LogP contribution in [0.3, 0.4) is 0 Å². The summed E-state index contributed by atoms with van der Waals surface area (Å²) < 4.78 is 12.5. The second-order valence-electron chi connectivity index (χ2n) is 7.91. The Morgan fingerprint density at radius 3 is 2.71 bits per heavy atom. The fourth-order valence-corrected chi connectivity index (χ4v) is 4.23. The molecule has 1 aliphatic carbocycles. The Balaban J connectivity index is 1.70. The number of pyridine rings is 1. The highest BCUT2D eigenvalue weighted by atomic mass is 16.5. The topological polar surface area (TPSA) is 60.2 Å². The summed E-state index contributed by atoms with van der Waals surface area (Å²) in [6.45, 7) is 8.74. The minimum absolute atomic E-state index is 0.0822. The average molecular weight is 421 g/mol. The smallest absolute Gasteiger partial charge is 0.338 e. The number of fused-ring (bicyclic) bond motifs is 1. The lowest BCUT2D eigenvalue weighted by molar-refractivity contribution is 0.0525. The minimum Gasteiger partial charge on any atom is -0.462 e. The summed E-state index contributed by atoms with van der Waals surface area (Å²) in [4.78, 5) is 27.2. The van der Waals surface area contributed by atoms with Crippen LogP contribution < -0.4 is 0 Å². The lowest BCUT2D eigenvalue weighted by Gasteiger charge is -2.26. The molecule has 6 heteroatoms. The fourth-order valence-electron chi connectivity index (χ4n) is 4.23. The zero-order valence-corrected chi connectivity index (χ0v) is 18.3. The molecule has 0 unspecified atom stereocenters. The molecule has 0 bridgehead atoms. The van der Waals surface area contributed by atoms with Gasteiger partial charge in [-0.25, -0.2) is 4.79 Å². The Morgan fingerprint density at radius 2 is 2.00 bits per heavy atom. The third-order valence-electron chi connectivity index (χ3n) is 5.74. The van der Waals surface area contributed by atoms with E-state index in [0.717, 1.165) is 43.8 Å². The van der Waals surface area contributed by atoms with Gasteiger partial charge in [0.15, 0.2) is 5.78 Å². The quantitative estimate of drug-likeness (QED) is 0.536. The van der Waals surface area contributed by atoms with Gasteiger partial charge in [-0.2, -0.15) is 0 Å². The number of hydrogen-bond donors (Lipinski definition) is 0. The molecule has 2 aromatic heterocycles. The molecule has 0 aromatic carbocycles. The molecule has 3 heterocycles. The van der Waals surface area contributed by atoms with Crippen LogP contribution in [0.5, 0.6) is 0 Å². The third-order valence-corrected chi connectivity index (χ3v) is 5.74. The fraction of sp³-hybridized carbons (Fsp3) is 0.360. The van der Waals surface area contributed by atoms with Crippen molar-refractivity contribution >= 4 is 22.8 Å². The number of carbonyl (C=O) groups excluding carboxylic acids is 2. The number of hydrogen-bond acceptors (Lipinski definition) is 5. The number of nitrogens with zero attached hydrogens (tertiary/aromatic N) is 2. The van der Waals surface area contributed by atoms with Crippen LogP contribution in [0.25, 0.3) is 11.1 Å². The number of allylic oxidation sites excluding steroid dienone is 5. The van der Waals surface area contributed by atoms with Gasteiger partial charge in [-0.05, 0) is 54.7 Å². The number of ketones is 1. The average Bonchev–Trinajstić information content (AvgIpc) is 3.17. The number of Topliss-reactive ketones (excluding diaryl/α,β-unsaturated/α-hetero) is 1. The molecule has 0 amide bonds. The molecule has 2 aromatic rings. The van der Waals surface area contributed by atoms with Crippen molar-refractivity contribution in [1.29, 1.82) is 0 Å². The maximum absolute atomic E-state index is 12.4. The highest BCUT2D eigenvalue weighted by molar-refractivity contribution is 6.01. The van der Waals surface area contributed by atoms with Crippen molar-refractivity contribution in [2.75, 3.05) is 32.9 Å². The second kappa shape index (κ2) is 8.94. The predicted octanol–water partition coefficient (Wildman–Crippen LogP) is 4.19. The number of carbonyl (C=O) groups is 2. The van der Waals surface area contributed by atoms with Crippen LogP contribution in [0.2, 0.25) is 0 Å². The van der Waals surface area contributed by atoms with E-state index in [0.29, 0.717) is 23.4 Å². The molecule has 0 radical (unpaired) electrons. The van der Waals surface area contributed by atoms with Crippen LogP contribution in [0, 0.1) is 6.92 Å². The molecule has 4 rings (SSSR count). The molecule has 1 saturated heterocycles. The standard InChI is InChI=1S/C25H28N2O4/c1-4-31-25(29)23-14-22-13-21(16-27(22)24(17(23)2)18(3)28)20-7-5-6-19(12-20)15-26-8-10-30-11-9-26/h5-7,13-16H,4,8-12H2,1-3H3/b19-15+. The van der Waals surface area contributed by atoms with Gasteiger partial charge < -0.3 is 18.8 Å². The molecule has 0 atom stereocenters. The van der Waals surface area contributed by atoms with E-state index in [-0.39, 0.29) is 5.78 Å². The lowest BCUT2D eigenvalue weighted by Crippen LogP contribution is -2.32. The Labute approximate surface area is 182 Å². The van der Waals surface area contributed by atoms with Crippen molar-refractivity contribution in [1.82, 2.24) is 9.30 Å². The van der Waals surface area contributed by atoms with Crippen LogP contribution in [0.15, 0.2) is 48.3 Å². The summed E-state index contributed by atoms with van der Waals surface area (Å²) in [5.74, 6) is -0.482. The van der Waals surface area contributed by atoms with Crippen LogP contribution in [-0.4, -0.2) is 54.0 Å². The lowest BCUT2D eigenvalue weighted by atomic mass is 9.96. The number of esters is 1. The molecule has 0 saturated carbocycles. The van der Waals surface area contributed by atoms with Crippen molar-refractivity contribution < 1.29 is 19.1 Å². The van der Waals surface area contributed by atoms with Gasteiger partial charge in [-0.3, -0.25) is 4.79 Å². The Hall–Kier alpha value is -3.12. The van der Waals surface area contributed by atoms with Crippen LogP contribution in [0.1, 0.15) is 52.2 Å². The molecule has 162 valence electrons. The van der Waals surface area contributed by atoms with Gasteiger partial charge in [0.2, 0.25) is 0 Å². The van der Waals surface area contributed by atoms with Crippen LogP contribution in [0.4, 0.5) is 0 Å². The van der Waals surface area contributed by atoms with Gasteiger partial charge in [0, 0.05) is 37.9 Å². The van der Waals surface area contributed by atoms with Gasteiger partial charge in [-0.1, -0.05) is 18.2 Å². The molecule has 31 heavy (non-hydrogen) atoms. The normalized spacial score (nSPS) is 17.8. The van der Waals surface area contributed by atoms with E-state index in [4.69, 9.17) is 9.47 Å². The van der Waals surface area contributed by atoms with Crippen LogP contribution >= 0.6 is 0 Å². The minimum atomic E-state index is -0.400. The first-order valence-electron chi connectivity index (χ1n) is 10.7. The maximum Gasteiger partial charge on any atom is 0.338 e. The van der Waals surface area contributed by atoms with E-state index in [1.165, 1.54) is 18.1 Å². The van der Waals surface area contributed by atoms with Gasteiger partial charge >= 0.3 is 5.97 Å². The van der Waals surface area contributed by atoms with E-state index < -0.39 is 5.97 Å². The SMILES string of the molecule is CCOC(=O)c1cc2cc(C3=CC=C/C(=C\N4CCOCC4)C3)cn2c(C(C)=O)c1C. The van der Waals surface area contributed by atoms with Gasteiger partial charge in [-0.15, -0.1) is 0 Å². The van der Waals surface area contributed by atoms with Crippen molar-refractivity contribution in [2.45, 2.75) is 27.2 Å². The molecular formula is C25H28N2O4. The highest BCUT2D eigenvalue weighted by Crippen LogP contribution is 2.31. The number of ether oxygens (including phenoxy) is 2. The summed E-state index contributed by atoms with van der Waals surface area (Å²) in [7, 11) is 0. The molecule has 1 aliphatic heterocycles. The molecule has 1 fully saturated rings. The number of morpholine rings is 1. The maximum atomic E-state index is 12.4. The third kappa shape index (κ3) is 4.35. The monoisotopic (exact) mass is 420 g/mol. The predicted molar refractivity (Wildman–Crippen MR) is 120 cm³/mol. The Bertz CT molecular complexity index is 1110. The van der Waals surface area contributed by atoms with Gasteiger partial charge in [0.05, 0.1) is 31.1 Å². The summed E-state index contributed by atoms with van der Waals surface area (Å²) in [6, 6.07) is 3.85. The summed E-state index contributed by atoms with van der Waals surface area (Å²) >= 11 is 0. The first kappa shape index (κ1) is 21.1. The Morgan fingerprint density at radius 1 is 1.23 bits per heavy atom. The number of aromatic nitrogens is 1. The van der Waals surface area contributed by atoms with Crippen molar-refractivity contribution in [3.05, 3.63) is 70.7 Å². The summed E-state index contributed by atoms with van der Waals surface area (Å²) in [5, 5.41) is 0. The van der Waals surface area contributed by atoms with E-state index >= 15 is 0 Å². The zero-order chi connectivity index (χ0) is 22.0. The number of rotatable bonds is 5. The molecule has 2 aliphatic rings. The van der Waals surface area contributed by atoms with Crippen molar-refractivity contribution in [3.63, 3.8) is 0 Å². The van der Waals surface area contributed by atoms with Gasteiger partial charge in [0.1, 0.15) is 0 Å². The van der Waals surface area contributed by atoms with E-state index in [9.17, 15) is 9.59 Å². The van der Waals surface area contributed by atoms with Gasteiger partial charge in [0.25, 0.3) is 0 Å². The second-order valence-corrected chi connectivity index (χ2v) is 7.91. The Kier molecular flexibility index (Phi) is 6.09. The van der Waals surface area contributed by atoms with E-state index in [1.54, 1.807) is 13.8 Å². The summed E-state index contributed by atoms with van der Waals surface area (Å²) in [6.07, 6.45) is 11.3. The zero-order valence-electron chi connectivity index (χ0n) is 18.3. The molecular weight excluding hydrogens is 392 g/mol. The largest absolute Gasteiger partial charge is 0.462 e. The van der Waals surface area contributed by atoms with Crippen molar-refractivity contribution in [3.8, 4) is 0 Å². The van der Waals surface area contributed by atoms with E-state index in [2.05, 4.69) is 29.3 Å². The molecule has 0 spiro atoms. The first-order valence-corrected chi connectivity index (χ1v) is 10.7.